The Kier molecular flexibility index (Phi) is 8.14. The molecular formula is C27H24ClN3O6S2. The molecule has 0 aliphatic carbocycles. The summed E-state index contributed by atoms with van der Waals surface area (Å²) in [7, 11) is -6.45. The number of anilines is 3. The molecule has 39 heavy (non-hydrogen) atoms. The van der Waals surface area contributed by atoms with E-state index in [1.54, 1.807) is 42.5 Å². The van der Waals surface area contributed by atoms with Crippen LogP contribution in [-0.4, -0.2) is 29.9 Å². The summed E-state index contributed by atoms with van der Waals surface area (Å²) < 4.78 is 61.4. The Bertz CT molecular complexity index is 1720. The molecule has 0 spiro atoms. The topological polar surface area (TPSA) is 131 Å². The lowest BCUT2D eigenvalue weighted by Gasteiger charge is -2.12. The molecule has 0 saturated heterocycles. The van der Waals surface area contributed by atoms with E-state index < -0.39 is 26.0 Å². The van der Waals surface area contributed by atoms with Crippen molar-refractivity contribution < 1.29 is 26.4 Å². The number of carbonyl (C=O) groups is 1. The fourth-order valence-corrected chi connectivity index (χ4v) is 6.20. The van der Waals surface area contributed by atoms with Gasteiger partial charge in [0.15, 0.2) is 0 Å². The second-order valence-corrected chi connectivity index (χ2v) is 12.2. The standard InChI is InChI=1S/C27H24ClN3O6S2/c1-18-4-3-5-22(16-18)31-39(35,36)26-17-19(6-15-25(26)28)27(32)29-20-9-13-24(14-10-20)38(33,34)30-21-7-11-23(37-2)12-8-21/h3-17,30-31H,1-2H3,(H,29,32). The van der Waals surface area contributed by atoms with Crippen molar-refractivity contribution in [3.8, 4) is 5.75 Å². The molecule has 0 aliphatic heterocycles. The van der Waals surface area contributed by atoms with Crippen LogP contribution in [0.25, 0.3) is 0 Å². The highest BCUT2D eigenvalue weighted by atomic mass is 35.5. The number of rotatable bonds is 9. The van der Waals surface area contributed by atoms with Crippen molar-refractivity contribution in [1.82, 2.24) is 0 Å². The molecule has 0 saturated carbocycles. The number of amides is 1. The van der Waals surface area contributed by atoms with E-state index in [-0.39, 0.29) is 20.4 Å². The van der Waals surface area contributed by atoms with Gasteiger partial charge in [0, 0.05) is 22.6 Å². The van der Waals surface area contributed by atoms with E-state index >= 15 is 0 Å². The zero-order chi connectivity index (χ0) is 28.2. The molecule has 0 unspecified atom stereocenters. The van der Waals surface area contributed by atoms with Crippen LogP contribution in [0.1, 0.15) is 15.9 Å². The monoisotopic (exact) mass is 585 g/mol. The Hall–Kier alpha value is -4.06. The van der Waals surface area contributed by atoms with Gasteiger partial charge in [-0.05, 0) is 91.3 Å². The SMILES string of the molecule is COc1ccc(NS(=O)(=O)c2ccc(NC(=O)c3ccc(Cl)c(S(=O)(=O)Nc4cccc(C)c4)c3)cc2)cc1. The smallest absolute Gasteiger partial charge is 0.263 e. The fraction of sp³-hybridized carbons (Fsp3) is 0.0741. The van der Waals surface area contributed by atoms with Crippen LogP contribution in [0.2, 0.25) is 5.02 Å². The number of aryl methyl sites for hydroxylation is 1. The molecule has 1 amide bonds. The molecule has 4 aromatic rings. The van der Waals surface area contributed by atoms with Crippen molar-refractivity contribution >= 4 is 54.6 Å². The van der Waals surface area contributed by atoms with Crippen LogP contribution in [0.4, 0.5) is 17.1 Å². The Morgan fingerprint density at radius 2 is 1.38 bits per heavy atom. The average Bonchev–Trinajstić information content (AvgIpc) is 2.89. The van der Waals surface area contributed by atoms with E-state index in [9.17, 15) is 21.6 Å². The van der Waals surface area contributed by atoms with E-state index in [0.717, 1.165) is 5.56 Å². The third kappa shape index (κ3) is 6.88. The maximum absolute atomic E-state index is 13.0. The van der Waals surface area contributed by atoms with E-state index in [2.05, 4.69) is 14.8 Å². The molecule has 4 aromatic carbocycles. The molecule has 0 radical (unpaired) electrons. The predicted octanol–water partition coefficient (Wildman–Crippen LogP) is 5.51. The summed E-state index contributed by atoms with van der Waals surface area (Å²) in [5.74, 6) is -0.0170. The number of methoxy groups -OCH3 is 1. The third-order valence-electron chi connectivity index (χ3n) is 5.52. The van der Waals surface area contributed by atoms with Gasteiger partial charge in [0.05, 0.1) is 17.0 Å². The van der Waals surface area contributed by atoms with Crippen molar-refractivity contribution in [1.29, 1.82) is 0 Å². The van der Waals surface area contributed by atoms with Crippen molar-refractivity contribution in [2.45, 2.75) is 16.7 Å². The zero-order valence-corrected chi connectivity index (χ0v) is 23.2. The summed E-state index contributed by atoms with van der Waals surface area (Å²) in [5.41, 5.74) is 1.93. The van der Waals surface area contributed by atoms with Gasteiger partial charge in [0.1, 0.15) is 10.6 Å². The largest absolute Gasteiger partial charge is 0.497 e. The van der Waals surface area contributed by atoms with Crippen LogP contribution >= 0.6 is 11.6 Å². The first-order valence-electron chi connectivity index (χ1n) is 11.4. The molecule has 3 N–H and O–H groups in total. The van der Waals surface area contributed by atoms with Crippen LogP contribution in [0.5, 0.6) is 5.75 Å². The van der Waals surface area contributed by atoms with E-state index in [1.165, 1.54) is 49.6 Å². The highest BCUT2D eigenvalue weighted by Gasteiger charge is 2.21. The van der Waals surface area contributed by atoms with Crippen molar-refractivity contribution in [2.24, 2.45) is 0 Å². The molecule has 12 heteroatoms. The Morgan fingerprint density at radius 3 is 2.03 bits per heavy atom. The molecule has 4 rings (SSSR count). The van der Waals surface area contributed by atoms with Crippen molar-refractivity contribution in [3.05, 3.63) is 107 Å². The van der Waals surface area contributed by atoms with Crippen molar-refractivity contribution in [2.75, 3.05) is 21.9 Å². The van der Waals surface area contributed by atoms with Gasteiger partial charge >= 0.3 is 0 Å². The zero-order valence-electron chi connectivity index (χ0n) is 20.8. The van der Waals surface area contributed by atoms with Gasteiger partial charge in [-0.25, -0.2) is 16.8 Å². The summed E-state index contributed by atoms with van der Waals surface area (Å²) in [4.78, 5) is 12.6. The summed E-state index contributed by atoms with van der Waals surface area (Å²) >= 11 is 6.16. The molecule has 0 bridgehead atoms. The number of halogens is 1. The molecule has 9 nitrogen and oxygen atoms in total. The lowest BCUT2D eigenvalue weighted by molar-refractivity contribution is 0.102. The number of benzene rings is 4. The summed E-state index contributed by atoms with van der Waals surface area (Å²) in [6.07, 6.45) is 0. The molecule has 202 valence electrons. The molecule has 0 fully saturated rings. The highest BCUT2D eigenvalue weighted by Crippen LogP contribution is 2.26. The lowest BCUT2D eigenvalue weighted by Crippen LogP contribution is -2.17. The minimum atomic E-state index is -4.08. The maximum atomic E-state index is 13.0. The Morgan fingerprint density at radius 1 is 0.744 bits per heavy atom. The van der Waals surface area contributed by atoms with Gasteiger partial charge in [-0.15, -0.1) is 0 Å². The highest BCUT2D eigenvalue weighted by molar-refractivity contribution is 7.93. The quantitative estimate of drug-likeness (QED) is 0.237. The number of ether oxygens (including phenoxy) is 1. The number of carbonyl (C=O) groups excluding carboxylic acids is 1. The lowest BCUT2D eigenvalue weighted by atomic mass is 10.2. The first kappa shape index (κ1) is 28.0. The summed E-state index contributed by atoms with van der Waals surface area (Å²) in [6, 6.07) is 22.6. The minimum absolute atomic E-state index is 0.0154. The molecule has 0 atom stereocenters. The van der Waals surface area contributed by atoms with E-state index in [4.69, 9.17) is 16.3 Å². The second-order valence-electron chi connectivity index (χ2n) is 8.43. The Labute approximate surface area is 231 Å². The van der Waals surface area contributed by atoms with Gasteiger partial charge in [0.25, 0.3) is 26.0 Å². The first-order chi connectivity index (χ1) is 18.5. The number of sulfonamides is 2. The summed E-state index contributed by atoms with van der Waals surface area (Å²) in [6.45, 7) is 1.83. The minimum Gasteiger partial charge on any atom is -0.497 e. The normalized spacial score (nSPS) is 11.5. The maximum Gasteiger partial charge on any atom is 0.263 e. The van der Waals surface area contributed by atoms with Gasteiger partial charge < -0.3 is 10.1 Å². The Balaban J connectivity index is 1.48. The average molecular weight is 586 g/mol. The number of hydrogen-bond acceptors (Lipinski definition) is 6. The van der Waals surface area contributed by atoms with Gasteiger partial charge in [-0.2, -0.15) is 0 Å². The fourth-order valence-electron chi connectivity index (χ4n) is 3.56. The number of nitrogens with one attached hydrogen (secondary N) is 3. The van der Waals surface area contributed by atoms with Crippen LogP contribution in [-0.2, 0) is 20.0 Å². The van der Waals surface area contributed by atoms with Crippen LogP contribution in [0.15, 0.2) is 101 Å². The van der Waals surface area contributed by atoms with Crippen LogP contribution in [0, 0.1) is 6.92 Å². The van der Waals surface area contributed by atoms with Gasteiger partial charge in [-0.1, -0.05) is 23.7 Å². The van der Waals surface area contributed by atoms with Gasteiger partial charge in [0.2, 0.25) is 0 Å². The van der Waals surface area contributed by atoms with E-state index in [0.29, 0.717) is 22.8 Å². The molecule has 0 aliphatic rings. The van der Waals surface area contributed by atoms with Crippen LogP contribution < -0.4 is 19.5 Å². The van der Waals surface area contributed by atoms with E-state index in [1.807, 2.05) is 13.0 Å². The van der Waals surface area contributed by atoms with Crippen molar-refractivity contribution in [3.63, 3.8) is 0 Å². The third-order valence-corrected chi connectivity index (χ3v) is 8.78. The first-order valence-corrected chi connectivity index (χ1v) is 14.8. The second kappa shape index (κ2) is 11.4. The molecular weight excluding hydrogens is 562 g/mol. The summed E-state index contributed by atoms with van der Waals surface area (Å²) in [5, 5.41) is 2.58. The molecule has 0 aromatic heterocycles. The predicted molar refractivity (Wildman–Crippen MR) is 152 cm³/mol. The number of hydrogen-bond donors (Lipinski definition) is 3. The molecule has 0 heterocycles. The van der Waals surface area contributed by atoms with Gasteiger partial charge in [-0.3, -0.25) is 14.2 Å². The van der Waals surface area contributed by atoms with Crippen LogP contribution in [0.3, 0.4) is 0 Å².